The van der Waals surface area contributed by atoms with E-state index in [9.17, 15) is 8.78 Å². The molecule has 0 unspecified atom stereocenters. The highest BCUT2D eigenvalue weighted by molar-refractivity contribution is 7.99. The van der Waals surface area contributed by atoms with Gasteiger partial charge in [-0.2, -0.15) is 5.10 Å². The lowest BCUT2D eigenvalue weighted by molar-refractivity contribution is 0.565. The van der Waals surface area contributed by atoms with Crippen molar-refractivity contribution in [2.24, 2.45) is 12.8 Å². The second kappa shape index (κ2) is 5.07. The van der Waals surface area contributed by atoms with Crippen molar-refractivity contribution in [3.63, 3.8) is 0 Å². The molecule has 1 aromatic carbocycles. The second-order valence-electron chi connectivity index (χ2n) is 3.87. The largest absolute Gasteiger partial charge is 0.326 e. The molecule has 0 fully saturated rings. The van der Waals surface area contributed by atoms with Crippen molar-refractivity contribution in [3.05, 3.63) is 41.1 Å². The molecule has 0 aliphatic heterocycles. The van der Waals surface area contributed by atoms with Crippen LogP contribution in [0.2, 0.25) is 0 Å². The fourth-order valence-corrected chi connectivity index (χ4v) is 2.73. The number of hydrogen-bond acceptors (Lipinski definition) is 3. The predicted octanol–water partition coefficient (Wildman–Crippen LogP) is 2.62. The van der Waals surface area contributed by atoms with E-state index in [1.807, 2.05) is 6.92 Å². The van der Waals surface area contributed by atoms with Crippen molar-refractivity contribution in [2.45, 2.75) is 23.4 Å². The SMILES string of the molecule is Cc1nn(C)c(Sc2ccc(F)cc2F)c1CN. The van der Waals surface area contributed by atoms with Crippen LogP contribution >= 0.6 is 11.8 Å². The van der Waals surface area contributed by atoms with Crippen LogP contribution in [0.3, 0.4) is 0 Å². The van der Waals surface area contributed by atoms with Crippen LogP contribution in [0.5, 0.6) is 0 Å². The van der Waals surface area contributed by atoms with Gasteiger partial charge in [0.05, 0.1) is 5.69 Å². The van der Waals surface area contributed by atoms with E-state index in [4.69, 9.17) is 5.73 Å². The lowest BCUT2D eigenvalue weighted by Crippen LogP contribution is -2.00. The van der Waals surface area contributed by atoms with Crippen molar-refractivity contribution in [1.82, 2.24) is 9.78 Å². The number of halogens is 2. The Balaban J connectivity index is 2.39. The molecule has 2 N–H and O–H groups in total. The highest BCUT2D eigenvalue weighted by Crippen LogP contribution is 2.33. The van der Waals surface area contributed by atoms with Gasteiger partial charge in [-0.3, -0.25) is 4.68 Å². The van der Waals surface area contributed by atoms with Crippen molar-refractivity contribution in [1.29, 1.82) is 0 Å². The van der Waals surface area contributed by atoms with Gasteiger partial charge in [-0.25, -0.2) is 8.78 Å². The van der Waals surface area contributed by atoms with Crippen LogP contribution in [-0.4, -0.2) is 9.78 Å². The smallest absolute Gasteiger partial charge is 0.140 e. The number of nitrogens with two attached hydrogens (primary N) is 1. The van der Waals surface area contributed by atoms with E-state index in [-0.39, 0.29) is 0 Å². The number of aryl methyl sites for hydroxylation is 2. The van der Waals surface area contributed by atoms with Crippen LogP contribution in [0.15, 0.2) is 28.1 Å². The standard InChI is InChI=1S/C12H13F2N3S/c1-7-9(6-15)12(17(2)16-7)18-11-4-3-8(13)5-10(11)14/h3-5H,6,15H2,1-2H3. The molecule has 3 nitrogen and oxygen atoms in total. The Bertz CT molecular complexity index is 581. The number of nitrogens with zero attached hydrogens (tertiary/aromatic N) is 2. The summed E-state index contributed by atoms with van der Waals surface area (Å²) in [5.41, 5.74) is 7.37. The summed E-state index contributed by atoms with van der Waals surface area (Å²) < 4.78 is 28.1. The quantitative estimate of drug-likeness (QED) is 0.931. The molecule has 0 saturated carbocycles. The maximum atomic E-state index is 13.6. The third-order valence-electron chi connectivity index (χ3n) is 2.59. The van der Waals surface area contributed by atoms with Crippen molar-refractivity contribution >= 4 is 11.8 Å². The summed E-state index contributed by atoms with van der Waals surface area (Å²) in [6.45, 7) is 2.19. The van der Waals surface area contributed by atoms with Gasteiger partial charge >= 0.3 is 0 Å². The molecule has 0 atom stereocenters. The monoisotopic (exact) mass is 269 g/mol. The van der Waals surface area contributed by atoms with E-state index >= 15 is 0 Å². The zero-order chi connectivity index (χ0) is 13.3. The van der Waals surface area contributed by atoms with E-state index < -0.39 is 11.6 Å². The van der Waals surface area contributed by atoms with Crippen molar-refractivity contribution in [2.75, 3.05) is 0 Å². The highest BCUT2D eigenvalue weighted by atomic mass is 32.2. The molecule has 1 aromatic heterocycles. The minimum absolute atomic E-state index is 0.338. The average molecular weight is 269 g/mol. The first-order chi connectivity index (χ1) is 8.52. The molecule has 96 valence electrons. The maximum Gasteiger partial charge on any atom is 0.140 e. The van der Waals surface area contributed by atoms with Crippen LogP contribution in [0.4, 0.5) is 8.78 Å². The van der Waals surface area contributed by atoms with Gasteiger partial charge in [0.2, 0.25) is 0 Å². The van der Waals surface area contributed by atoms with E-state index in [1.54, 1.807) is 11.7 Å². The first-order valence-corrected chi connectivity index (χ1v) is 6.20. The first kappa shape index (κ1) is 13.0. The Morgan fingerprint density at radius 2 is 2.11 bits per heavy atom. The van der Waals surface area contributed by atoms with Gasteiger partial charge in [-0.15, -0.1) is 0 Å². The number of benzene rings is 1. The normalized spacial score (nSPS) is 10.9. The van der Waals surface area contributed by atoms with Gasteiger partial charge in [0.1, 0.15) is 16.7 Å². The number of hydrogen-bond donors (Lipinski definition) is 1. The van der Waals surface area contributed by atoms with E-state index in [0.717, 1.165) is 22.3 Å². The molecule has 0 aliphatic rings. The zero-order valence-electron chi connectivity index (χ0n) is 10.1. The molecule has 0 aliphatic carbocycles. The van der Waals surface area contributed by atoms with Gasteiger partial charge in [0, 0.05) is 30.1 Å². The fraction of sp³-hybridized carbons (Fsp3) is 0.250. The number of aromatic nitrogens is 2. The third kappa shape index (κ3) is 2.39. The lowest BCUT2D eigenvalue weighted by atomic mass is 10.3. The second-order valence-corrected chi connectivity index (χ2v) is 4.90. The van der Waals surface area contributed by atoms with Crippen LogP contribution < -0.4 is 5.73 Å². The van der Waals surface area contributed by atoms with Crippen molar-refractivity contribution < 1.29 is 8.78 Å². The minimum atomic E-state index is -0.586. The average Bonchev–Trinajstić information content (AvgIpc) is 2.57. The molecule has 0 saturated heterocycles. The molecule has 0 amide bonds. The predicted molar refractivity (Wildman–Crippen MR) is 66.3 cm³/mol. The summed E-state index contributed by atoms with van der Waals surface area (Å²) in [4.78, 5) is 0.356. The Morgan fingerprint density at radius 3 is 2.72 bits per heavy atom. The van der Waals surface area contributed by atoms with Gasteiger partial charge in [0.15, 0.2) is 0 Å². The molecule has 2 rings (SSSR count). The van der Waals surface area contributed by atoms with Crippen LogP contribution in [0.25, 0.3) is 0 Å². The molecule has 6 heteroatoms. The zero-order valence-corrected chi connectivity index (χ0v) is 10.9. The Hall–Kier alpha value is -1.40. The summed E-state index contributed by atoms with van der Waals surface area (Å²) in [7, 11) is 1.77. The summed E-state index contributed by atoms with van der Waals surface area (Å²) in [6, 6.07) is 3.52. The molecule has 0 spiro atoms. The highest BCUT2D eigenvalue weighted by Gasteiger charge is 2.15. The summed E-state index contributed by atoms with van der Waals surface area (Å²) >= 11 is 1.20. The van der Waals surface area contributed by atoms with Crippen LogP contribution in [0.1, 0.15) is 11.3 Å². The first-order valence-electron chi connectivity index (χ1n) is 5.38. The van der Waals surface area contributed by atoms with Gasteiger partial charge in [-0.1, -0.05) is 11.8 Å². The van der Waals surface area contributed by atoms with E-state index in [0.29, 0.717) is 11.4 Å². The molecule has 0 bridgehead atoms. The van der Waals surface area contributed by atoms with Gasteiger partial charge in [-0.05, 0) is 19.1 Å². The van der Waals surface area contributed by atoms with Gasteiger partial charge in [0.25, 0.3) is 0 Å². The molecule has 1 heterocycles. The van der Waals surface area contributed by atoms with E-state index in [1.165, 1.54) is 23.9 Å². The Kier molecular flexibility index (Phi) is 3.68. The minimum Gasteiger partial charge on any atom is -0.326 e. The Labute approximate surface area is 108 Å². The molecule has 18 heavy (non-hydrogen) atoms. The third-order valence-corrected chi connectivity index (χ3v) is 3.85. The molecular weight excluding hydrogens is 256 g/mol. The lowest BCUT2D eigenvalue weighted by Gasteiger charge is -2.06. The number of rotatable bonds is 3. The summed E-state index contributed by atoms with van der Waals surface area (Å²) in [5, 5.41) is 5.02. The maximum absolute atomic E-state index is 13.6. The summed E-state index contributed by atoms with van der Waals surface area (Å²) in [5.74, 6) is -1.17. The topological polar surface area (TPSA) is 43.8 Å². The van der Waals surface area contributed by atoms with Crippen LogP contribution in [-0.2, 0) is 13.6 Å². The molecule has 2 aromatic rings. The molecular formula is C12H13F2N3S. The summed E-state index contributed by atoms with van der Waals surface area (Å²) in [6.07, 6.45) is 0. The van der Waals surface area contributed by atoms with Gasteiger partial charge < -0.3 is 5.73 Å². The fourth-order valence-electron chi connectivity index (χ4n) is 1.71. The molecule has 0 radical (unpaired) electrons. The Morgan fingerprint density at radius 1 is 1.39 bits per heavy atom. The van der Waals surface area contributed by atoms with Crippen LogP contribution in [0, 0.1) is 18.6 Å². The van der Waals surface area contributed by atoms with Crippen molar-refractivity contribution in [3.8, 4) is 0 Å². The van der Waals surface area contributed by atoms with E-state index in [2.05, 4.69) is 5.10 Å².